The molecule has 0 aromatic heterocycles. The van der Waals surface area contributed by atoms with Gasteiger partial charge in [0, 0.05) is 5.56 Å². The van der Waals surface area contributed by atoms with E-state index < -0.39 is 0 Å². The number of rotatable bonds is 6. The molecule has 0 fully saturated rings. The van der Waals surface area contributed by atoms with Crippen LogP contribution in [0, 0.1) is 10.1 Å². The Labute approximate surface area is 106 Å². The van der Waals surface area contributed by atoms with Crippen LogP contribution in [-0.2, 0) is 6.42 Å². The molecule has 2 rings (SSSR count). The topological polar surface area (TPSA) is 61.6 Å². The number of benzene rings is 1. The predicted molar refractivity (Wildman–Crippen MR) is 67.1 cm³/mol. The number of nitro groups is 1. The van der Waals surface area contributed by atoms with E-state index in [1.807, 2.05) is 0 Å². The molecule has 18 heavy (non-hydrogen) atoms. The van der Waals surface area contributed by atoms with Gasteiger partial charge >= 0.3 is 0 Å². The van der Waals surface area contributed by atoms with Crippen molar-refractivity contribution >= 4 is 5.69 Å². The van der Waals surface area contributed by atoms with Crippen LogP contribution in [0.5, 0.6) is 11.5 Å². The molecule has 0 saturated carbocycles. The highest BCUT2D eigenvalue weighted by Gasteiger charge is 2.22. The number of ether oxygens (including phenoxy) is 2. The first-order valence-electron chi connectivity index (χ1n) is 6.29. The first-order valence-corrected chi connectivity index (χ1v) is 6.29. The van der Waals surface area contributed by atoms with E-state index in [2.05, 4.69) is 6.92 Å². The highest BCUT2D eigenvalue weighted by atomic mass is 16.7. The summed E-state index contributed by atoms with van der Waals surface area (Å²) in [6.45, 7) is 2.29. The molecule has 5 nitrogen and oxygen atoms in total. The highest BCUT2D eigenvalue weighted by Crippen LogP contribution is 2.38. The molecule has 1 heterocycles. The van der Waals surface area contributed by atoms with Crippen LogP contribution in [0.15, 0.2) is 12.1 Å². The molecule has 0 atom stereocenters. The van der Waals surface area contributed by atoms with Gasteiger partial charge in [0.2, 0.25) is 6.79 Å². The third-order valence-corrected chi connectivity index (χ3v) is 3.07. The van der Waals surface area contributed by atoms with Crippen LogP contribution in [0.4, 0.5) is 5.69 Å². The van der Waals surface area contributed by atoms with Gasteiger partial charge in [-0.3, -0.25) is 10.1 Å². The van der Waals surface area contributed by atoms with Crippen molar-refractivity contribution in [1.29, 1.82) is 0 Å². The molecule has 1 aliphatic rings. The van der Waals surface area contributed by atoms with Crippen molar-refractivity contribution in [3.63, 3.8) is 0 Å². The maximum Gasteiger partial charge on any atom is 0.276 e. The van der Waals surface area contributed by atoms with Gasteiger partial charge in [-0.05, 0) is 18.9 Å². The minimum atomic E-state index is -0.350. The Morgan fingerprint density at radius 3 is 2.61 bits per heavy atom. The van der Waals surface area contributed by atoms with Crippen LogP contribution in [-0.4, -0.2) is 11.7 Å². The first kappa shape index (κ1) is 12.7. The molecule has 0 unspecified atom stereocenters. The van der Waals surface area contributed by atoms with Crippen LogP contribution in [0.3, 0.4) is 0 Å². The quantitative estimate of drug-likeness (QED) is 0.441. The minimum absolute atomic E-state index is 0.135. The molecule has 0 aliphatic carbocycles. The van der Waals surface area contributed by atoms with Gasteiger partial charge in [0.15, 0.2) is 11.5 Å². The average molecular weight is 251 g/mol. The van der Waals surface area contributed by atoms with Crippen molar-refractivity contribution in [3.05, 3.63) is 27.8 Å². The van der Waals surface area contributed by atoms with Crippen molar-refractivity contribution < 1.29 is 14.4 Å². The standard InChI is InChI=1S/C13H17NO4/c1-2-3-4-5-6-10-7-12-13(18-9-17-12)8-11(10)14(15)16/h7-8H,2-6,9H2,1H3. The van der Waals surface area contributed by atoms with E-state index >= 15 is 0 Å². The van der Waals surface area contributed by atoms with E-state index in [1.165, 1.54) is 12.5 Å². The molecule has 0 amide bonds. The van der Waals surface area contributed by atoms with E-state index in [0.29, 0.717) is 17.9 Å². The Bertz CT molecular complexity index is 445. The number of hydrogen-bond acceptors (Lipinski definition) is 4. The Hall–Kier alpha value is -1.78. The molecule has 0 saturated heterocycles. The summed E-state index contributed by atoms with van der Waals surface area (Å²) in [5.41, 5.74) is 0.871. The second-order valence-electron chi connectivity index (χ2n) is 4.40. The third kappa shape index (κ3) is 2.72. The zero-order chi connectivity index (χ0) is 13.0. The van der Waals surface area contributed by atoms with Crippen LogP contribution in [0.25, 0.3) is 0 Å². The normalized spacial score (nSPS) is 12.7. The monoisotopic (exact) mass is 251 g/mol. The summed E-state index contributed by atoms with van der Waals surface area (Å²) >= 11 is 0. The van der Waals surface area contributed by atoms with E-state index in [-0.39, 0.29) is 17.4 Å². The molecule has 1 aliphatic heterocycles. The summed E-state index contributed by atoms with van der Waals surface area (Å²) in [4.78, 5) is 10.7. The first-order chi connectivity index (χ1) is 8.72. The SMILES string of the molecule is CCCCCCc1cc2c(cc1[N+](=O)[O-])OCO2. The molecule has 0 radical (unpaired) electrons. The lowest BCUT2D eigenvalue weighted by atomic mass is 10.0. The maximum absolute atomic E-state index is 11.0. The zero-order valence-corrected chi connectivity index (χ0v) is 10.5. The fourth-order valence-corrected chi connectivity index (χ4v) is 2.09. The molecule has 1 aromatic carbocycles. The Balaban J connectivity index is 2.14. The second-order valence-corrected chi connectivity index (χ2v) is 4.40. The summed E-state index contributed by atoms with van der Waals surface area (Å²) in [6.07, 6.45) is 5.10. The molecule has 1 aromatic rings. The van der Waals surface area contributed by atoms with Crippen molar-refractivity contribution in [2.45, 2.75) is 39.0 Å². The predicted octanol–water partition coefficient (Wildman–Crippen LogP) is 3.45. The lowest BCUT2D eigenvalue weighted by molar-refractivity contribution is -0.385. The highest BCUT2D eigenvalue weighted by molar-refractivity contribution is 5.55. The Morgan fingerprint density at radius 1 is 1.22 bits per heavy atom. The number of fused-ring (bicyclic) bond motifs is 1. The van der Waals surface area contributed by atoms with Crippen molar-refractivity contribution in [1.82, 2.24) is 0 Å². The largest absolute Gasteiger partial charge is 0.454 e. The fraction of sp³-hybridized carbons (Fsp3) is 0.538. The summed E-state index contributed by atoms with van der Waals surface area (Å²) in [5.74, 6) is 1.09. The van der Waals surface area contributed by atoms with Gasteiger partial charge < -0.3 is 9.47 Å². The van der Waals surface area contributed by atoms with Crippen LogP contribution in [0.2, 0.25) is 0 Å². The van der Waals surface area contributed by atoms with E-state index in [0.717, 1.165) is 24.8 Å². The molecule has 0 N–H and O–H groups in total. The van der Waals surface area contributed by atoms with Gasteiger partial charge in [0.25, 0.3) is 5.69 Å². The van der Waals surface area contributed by atoms with Crippen molar-refractivity contribution in [3.8, 4) is 11.5 Å². The van der Waals surface area contributed by atoms with Crippen LogP contribution >= 0.6 is 0 Å². The van der Waals surface area contributed by atoms with Gasteiger partial charge in [-0.2, -0.15) is 0 Å². The number of nitro benzene ring substituents is 1. The average Bonchev–Trinajstić information content (AvgIpc) is 2.80. The second kappa shape index (κ2) is 5.71. The van der Waals surface area contributed by atoms with Gasteiger partial charge in [-0.15, -0.1) is 0 Å². The van der Waals surface area contributed by atoms with Crippen LogP contribution < -0.4 is 9.47 Å². The molecule has 98 valence electrons. The Morgan fingerprint density at radius 2 is 1.94 bits per heavy atom. The number of aryl methyl sites for hydroxylation is 1. The minimum Gasteiger partial charge on any atom is -0.454 e. The number of nitrogens with zero attached hydrogens (tertiary/aromatic N) is 1. The Kier molecular flexibility index (Phi) is 4.02. The van der Waals surface area contributed by atoms with Crippen LogP contribution in [0.1, 0.15) is 38.2 Å². The van der Waals surface area contributed by atoms with E-state index in [9.17, 15) is 10.1 Å². The molecule has 0 spiro atoms. The number of hydrogen-bond donors (Lipinski definition) is 0. The van der Waals surface area contributed by atoms with E-state index in [1.54, 1.807) is 6.07 Å². The summed E-state index contributed by atoms with van der Waals surface area (Å²) in [5, 5.41) is 11.0. The third-order valence-electron chi connectivity index (χ3n) is 3.07. The maximum atomic E-state index is 11.0. The molecular formula is C13H17NO4. The molecule has 5 heteroatoms. The van der Waals surface area contributed by atoms with Gasteiger partial charge in [-0.25, -0.2) is 0 Å². The van der Waals surface area contributed by atoms with Gasteiger partial charge in [0.05, 0.1) is 11.0 Å². The zero-order valence-electron chi connectivity index (χ0n) is 10.5. The lowest BCUT2D eigenvalue weighted by Gasteiger charge is -2.04. The summed E-state index contributed by atoms with van der Waals surface area (Å²) in [6, 6.07) is 3.21. The number of unbranched alkanes of at least 4 members (excludes halogenated alkanes) is 3. The molecular weight excluding hydrogens is 234 g/mol. The summed E-state index contributed by atoms with van der Waals surface area (Å²) < 4.78 is 10.4. The fourth-order valence-electron chi connectivity index (χ4n) is 2.09. The molecule has 0 bridgehead atoms. The van der Waals surface area contributed by atoms with Gasteiger partial charge in [-0.1, -0.05) is 26.2 Å². The smallest absolute Gasteiger partial charge is 0.276 e. The van der Waals surface area contributed by atoms with Crippen molar-refractivity contribution in [2.75, 3.05) is 6.79 Å². The lowest BCUT2D eigenvalue weighted by Crippen LogP contribution is -1.96. The van der Waals surface area contributed by atoms with Crippen molar-refractivity contribution in [2.24, 2.45) is 0 Å². The van der Waals surface area contributed by atoms with Gasteiger partial charge in [0.1, 0.15) is 0 Å². The summed E-state index contributed by atoms with van der Waals surface area (Å²) in [7, 11) is 0. The van der Waals surface area contributed by atoms with E-state index in [4.69, 9.17) is 9.47 Å².